The lowest BCUT2D eigenvalue weighted by atomic mass is 9.88. The number of hydrogen-bond acceptors (Lipinski definition) is 6. The number of hydrogen-bond donors (Lipinski definition) is 1. The van der Waals surface area contributed by atoms with Crippen LogP contribution in [0.15, 0.2) is 47.5 Å². The molecule has 0 radical (unpaired) electrons. The minimum atomic E-state index is -0.990. The molecule has 0 saturated carbocycles. The van der Waals surface area contributed by atoms with Gasteiger partial charge < -0.3 is 14.9 Å². The molecule has 4 rings (SSSR count). The first-order valence-electron chi connectivity index (χ1n) is 13.0. The van der Waals surface area contributed by atoms with Crippen molar-refractivity contribution in [3.05, 3.63) is 74.8 Å². The van der Waals surface area contributed by atoms with E-state index in [1.54, 1.807) is 30.1 Å². The number of likely N-dealkylation sites (tertiary alicyclic amines) is 1. The molecule has 1 fully saturated rings. The Balaban J connectivity index is 1.45. The van der Waals surface area contributed by atoms with E-state index in [2.05, 4.69) is 4.98 Å². The van der Waals surface area contributed by atoms with Crippen molar-refractivity contribution >= 4 is 34.3 Å². The molecular formula is C29H32ClN5O4. The van der Waals surface area contributed by atoms with E-state index in [0.29, 0.717) is 34.6 Å². The average Bonchev–Trinajstić information content (AvgIpc) is 2.93. The molecule has 0 spiro atoms. The van der Waals surface area contributed by atoms with E-state index in [-0.39, 0.29) is 42.3 Å². The van der Waals surface area contributed by atoms with Gasteiger partial charge in [0.2, 0.25) is 5.91 Å². The lowest BCUT2D eigenvalue weighted by Crippen LogP contribution is -2.45. The van der Waals surface area contributed by atoms with Gasteiger partial charge in [0.15, 0.2) is 0 Å². The Morgan fingerprint density at radius 3 is 2.56 bits per heavy atom. The van der Waals surface area contributed by atoms with Crippen LogP contribution in [0, 0.1) is 17.2 Å². The number of aromatic nitrogens is 2. The summed E-state index contributed by atoms with van der Waals surface area (Å²) in [5, 5.41) is 19.9. The Hall–Kier alpha value is -3.74. The SMILES string of the molecule is CC(C)[C@@H](O)C(=O)N1CCC(c2ccc3ncn(CC(=O)N(C)Cc4ccc(C#N)c(Cl)c4)c(=O)c3c2)CC1. The molecule has 204 valence electrons. The summed E-state index contributed by atoms with van der Waals surface area (Å²) in [4.78, 5) is 46.3. The summed E-state index contributed by atoms with van der Waals surface area (Å²) in [6.07, 6.45) is 1.87. The fraction of sp³-hybridized carbons (Fsp3) is 0.414. The van der Waals surface area contributed by atoms with E-state index in [9.17, 15) is 19.5 Å². The fourth-order valence-corrected chi connectivity index (χ4v) is 5.07. The number of nitrogens with zero attached hydrogens (tertiary/aromatic N) is 5. The van der Waals surface area contributed by atoms with Crippen molar-refractivity contribution in [2.45, 2.75) is 51.8 Å². The van der Waals surface area contributed by atoms with Crippen LogP contribution in [-0.4, -0.2) is 62.5 Å². The molecule has 9 nitrogen and oxygen atoms in total. The fourth-order valence-electron chi connectivity index (χ4n) is 4.82. The molecule has 1 saturated heterocycles. The monoisotopic (exact) mass is 549 g/mol. The number of amides is 2. The number of halogens is 1. The van der Waals surface area contributed by atoms with Crippen molar-refractivity contribution in [3.63, 3.8) is 0 Å². The van der Waals surface area contributed by atoms with Gasteiger partial charge in [0.05, 0.1) is 27.8 Å². The average molecular weight is 550 g/mol. The Bertz CT molecular complexity index is 1490. The minimum absolute atomic E-state index is 0.133. The number of nitriles is 1. The summed E-state index contributed by atoms with van der Waals surface area (Å²) in [7, 11) is 1.64. The molecule has 39 heavy (non-hydrogen) atoms. The normalized spacial score (nSPS) is 14.8. The molecule has 0 bridgehead atoms. The van der Waals surface area contributed by atoms with Crippen LogP contribution in [-0.2, 0) is 22.7 Å². The van der Waals surface area contributed by atoms with Gasteiger partial charge in [-0.05, 0) is 60.1 Å². The standard InChI is InChI=1S/C29H32ClN5O4/c1-18(2)27(37)29(39)34-10-8-20(9-11-34)21-6-7-25-23(13-21)28(38)35(17-32-25)16-26(36)33(3)15-19-4-5-22(14-31)24(30)12-19/h4-7,12-13,17-18,20,27,37H,8-11,15-16H2,1-3H3/t27-/m1/s1. The molecule has 1 atom stereocenters. The van der Waals surface area contributed by atoms with Gasteiger partial charge >= 0.3 is 0 Å². The quantitative estimate of drug-likeness (QED) is 0.483. The van der Waals surface area contributed by atoms with Crippen LogP contribution in [0.3, 0.4) is 0 Å². The zero-order valence-electron chi connectivity index (χ0n) is 22.3. The summed E-state index contributed by atoms with van der Waals surface area (Å²) in [6.45, 7) is 4.86. The molecule has 1 aliphatic heterocycles. The largest absolute Gasteiger partial charge is 0.383 e. The lowest BCUT2D eigenvalue weighted by molar-refractivity contribution is -0.143. The van der Waals surface area contributed by atoms with Crippen molar-refractivity contribution < 1.29 is 14.7 Å². The molecular weight excluding hydrogens is 518 g/mol. The van der Waals surface area contributed by atoms with E-state index in [0.717, 1.165) is 24.0 Å². The molecule has 2 amide bonds. The zero-order valence-corrected chi connectivity index (χ0v) is 23.1. The number of aliphatic hydroxyl groups is 1. The molecule has 1 N–H and O–H groups in total. The van der Waals surface area contributed by atoms with Gasteiger partial charge in [-0.3, -0.25) is 19.0 Å². The van der Waals surface area contributed by atoms with Crippen molar-refractivity contribution in [1.29, 1.82) is 5.26 Å². The first-order chi connectivity index (χ1) is 18.6. The first-order valence-corrected chi connectivity index (χ1v) is 13.3. The maximum Gasteiger partial charge on any atom is 0.261 e. The number of carbonyl (C=O) groups is 2. The second kappa shape index (κ2) is 12.0. The summed E-state index contributed by atoms with van der Waals surface area (Å²) in [5.74, 6) is -0.456. The highest BCUT2D eigenvalue weighted by Gasteiger charge is 2.29. The Kier molecular flexibility index (Phi) is 8.68. The molecule has 10 heteroatoms. The number of piperidine rings is 1. The van der Waals surface area contributed by atoms with Crippen LogP contribution in [0.4, 0.5) is 0 Å². The number of carbonyl (C=O) groups excluding carboxylic acids is 2. The van der Waals surface area contributed by atoms with Crippen molar-refractivity contribution in [2.75, 3.05) is 20.1 Å². The second-order valence-corrected chi connectivity index (χ2v) is 10.8. The molecule has 0 unspecified atom stereocenters. The van der Waals surface area contributed by atoms with E-state index in [1.807, 2.05) is 38.1 Å². The highest BCUT2D eigenvalue weighted by atomic mass is 35.5. The van der Waals surface area contributed by atoms with Gasteiger partial charge in [-0.15, -0.1) is 0 Å². The van der Waals surface area contributed by atoms with Gasteiger partial charge in [0.1, 0.15) is 18.7 Å². The maximum atomic E-state index is 13.3. The Labute approximate surface area is 232 Å². The zero-order chi connectivity index (χ0) is 28.3. The molecule has 2 heterocycles. The number of benzene rings is 2. The Morgan fingerprint density at radius 2 is 1.92 bits per heavy atom. The number of fused-ring (bicyclic) bond motifs is 1. The van der Waals surface area contributed by atoms with Gasteiger partial charge in [0.25, 0.3) is 11.5 Å². The third kappa shape index (κ3) is 6.29. The number of likely N-dealkylation sites (N-methyl/N-ethyl adjacent to an activating group) is 1. The predicted molar refractivity (Wildman–Crippen MR) is 148 cm³/mol. The topological polar surface area (TPSA) is 120 Å². The molecule has 2 aromatic carbocycles. The predicted octanol–water partition coefficient (Wildman–Crippen LogP) is 3.30. The summed E-state index contributed by atoms with van der Waals surface area (Å²) in [6, 6.07) is 12.6. The van der Waals surface area contributed by atoms with Gasteiger partial charge in [0, 0.05) is 26.7 Å². The van der Waals surface area contributed by atoms with E-state index < -0.39 is 6.10 Å². The van der Waals surface area contributed by atoms with Crippen molar-refractivity contribution in [2.24, 2.45) is 5.92 Å². The third-order valence-electron chi connectivity index (χ3n) is 7.32. The van der Waals surface area contributed by atoms with Gasteiger partial charge in [-0.2, -0.15) is 5.26 Å². The Morgan fingerprint density at radius 1 is 1.21 bits per heavy atom. The first kappa shape index (κ1) is 28.3. The van der Waals surface area contributed by atoms with Crippen molar-refractivity contribution in [1.82, 2.24) is 19.4 Å². The van der Waals surface area contributed by atoms with E-state index in [1.165, 1.54) is 15.8 Å². The van der Waals surface area contributed by atoms with Crippen LogP contribution in [0.5, 0.6) is 0 Å². The summed E-state index contributed by atoms with van der Waals surface area (Å²) in [5.41, 5.74) is 2.40. The summed E-state index contributed by atoms with van der Waals surface area (Å²) >= 11 is 6.11. The molecule has 3 aromatic rings. The van der Waals surface area contributed by atoms with Crippen molar-refractivity contribution in [3.8, 4) is 6.07 Å². The smallest absolute Gasteiger partial charge is 0.261 e. The van der Waals surface area contributed by atoms with Crippen LogP contribution >= 0.6 is 11.6 Å². The highest BCUT2D eigenvalue weighted by molar-refractivity contribution is 6.31. The highest BCUT2D eigenvalue weighted by Crippen LogP contribution is 2.30. The maximum absolute atomic E-state index is 13.3. The molecule has 1 aromatic heterocycles. The number of aliphatic hydroxyl groups excluding tert-OH is 1. The lowest BCUT2D eigenvalue weighted by Gasteiger charge is -2.34. The molecule has 1 aliphatic rings. The van der Waals surface area contributed by atoms with Crippen LogP contribution in [0.1, 0.15) is 49.3 Å². The van der Waals surface area contributed by atoms with Crippen LogP contribution in [0.2, 0.25) is 5.02 Å². The van der Waals surface area contributed by atoms with E-state index in [4.69, 9.17) is 16.9 Å². The number of rotatable bonds is 7. The molecule has 0 aliphatic carbocycles. The van der Waals surface area contributed by atoms with Crippen LogP contribution in [0.25, 0.3) is 10.9 Å². The minimum Gasteiger partial charge on any atom is -0.383 e. The second-order valence-electron chi connectivity index (χ2n) is 10.4. The summed E-state index contributed by atoms with van der Waals surface area (Å²) < 4.78 is 1.31. The van der Waals surface area contributed by atoms with Gasteiger partial charge in [-0.1, -0.05) is 37.6 Å². The van der Waals surface area contributed by atoms with Gasteiger partial charge in [-0.25, -0.2) is 4.98 Å². The van der Waals surface area contributed by atoms with E-state index >= 15 is 0 Å². The third-order valence-corrected chi connectivity index (χ3v) is 7.63. The van der Waals surface area contributed by atoms with Crippen LogP contribution < -0.4 is 5.56 Å².